The highest BCUT2D eigenvalue weighted by Crippen LogP contribution is 2.35. The van der Waals surface area contributed by atoms with Crippen molar-refractivity contribution < 1.29 is 9.53 Å². The van der Waals surface area contributed by atoms with Gasteiger partial charge in [-0.3, -0.25) is 4.79 Å². The average molecular weight is 233 g/mol. The lowest BCUT2D eigenvalue weighted by Gasteiger charge is -2.38. The van der Waals surface area contributed by atoms with Crippen molar-refractivity contribution in [2.75, 3.05) is 0 Å². The predicted octanol–water partition coefficient (Wildman–Crippen LogP) is 3.52. The van der Waals surface area contributed by atoms with Gasteiger partial charge >= 0.3 is 5.97 Å². The second-order valence-electron chi connectivity index (χ2n) is 4.76. The van der Waals surface area contributed by atoms with E-state index in [0.29, 0.717) is 0 Å². The van der Waals surface area contributed by atoms with Crippen molar-refractivity contribution in [3.05, 3.63) is 0 Å². The van der Waals surface area contributed by atoms with Crippen molar-refractivity contribution in [1.82, 2.24) is 0 Å². The van der Waals surface area contributed by atoms with E-state index in [-0.39, 0.29) is 17.3 Å². The number of hydrogen-bond acceptors (Lipinski definition) is 2. The van der Waals surface area contributed by atoms with Gasteiger partial charge in [-0.25, -0.2) is 0 Å². The normalized spacial score (nSPS) is 33.5. The van der Waals surface area contributed by atoms with Crippen LogP contribution in [0, 0.1) is 5.92 Å². The maximum absolute atomic E-state index is 11.7. The zero-order chi connectivity index (χ0) is 11.5. The van der Waals surface area contributed by atoms with Crippen molar-refractivity contribution in [3.63, 3.8) is 0 Å². The molecule has 15 heavy (non-hydrogen) atoms. The monoisotopic (exact) mass is 232 g/mol. The molecule has 3 heteroatoms. The molecule has 0 N–H and O–H groups in total. The van der Waals surface area contributed by atoms with Crippen LogP contribution in [0.1, 0.15) is 52.9 Å². The lowest BCUT2D eigenvalue weighted by atomic mass is 9.85. The predicted molar refractivity (Wildman–Crippen MR) is 62.1 cm³/mol. The lowest BCUT2D eigenvalue weighted by molar-refractivity contribution is -0.165. The van der Waals surface area contributed by atoms with Gasteiger partial charge in [0, 0.05) is 0 Å². The summed E-state index contributed by atoms with van der Waals surface area (Å²) in [5, 5.41) is -0.0285. The number of ether oxygens (including phenoxy) is 1. The molecule has 88 valence electrons. The first-order valence-electron chi connectivity index (χ1n) is 5.86. The Morgan fingerprint density at radius 3 is 2.80 bits per heavy atom. The average Bonchev–Trinajstić information content (AvgIpc) is 2.21. The first-order chi connectivity index (χ1) is 6.99. The van der Waals surface area contributed by atoms with Crippen LogP contribution in [0.3, 0.4) is 0 Å². The number of esters is 1. The second-order valence-corrected chi connectivity index (χ2v) is 5.28. The smallest absolute Gasteiger partial charge is 0.309 e. The molecule has 1 rings (SSSR count). The molecule has 0 aromatic carbocycles. The molecule has 0 radical (unpaired) electrons. The minimum absolute atomic E-state index is 0.0207. The molecule has 0 aliphatic heterocycles. The summed E-state index contributed by atoms with van der Waals surface area (Å²) in [5.74, 6) is -0.125. The summed E-state index contributed by atoms with van der Waals surface area (Å²) < 4.78 is 5.57. The van der Waals surface area contributed by atoms with Crippen molar-refractivity contribution in [1.29, 1.82) is 0 Å². The number of hydrogen-bond donors (Lipinski definition) is 0. The fourth-order valence-corrected chi connectivity index (χ4v) is 2.18. The van der Waals surface area contributed by atoms with Crippen LogP contribution in [0.15, 0.2) is 0 Å². The summed E-state index contributed by atoms with van der Waals surface area (Å²) in [5.41, 5.74) is -0.444. The Kier molecular flexibility index (Phi) is 4.45. The Morgan fingerprint density at radius 1 is 1.60 bits per heavy atom. The number of rotatable bonds is 3. The van der Waals surface area contributed by atoms with Crippen LogP contribution in [0.2, 0.25) is 0 Å². The van der Waals surface area contributed by atoms with E-state index in [2.05, 4.69) is 0 Å². The topological polar surface area (TPSA) is 26.3 Å². The summed E-state index contributed by atoms with van der Waals surface area (Å²) in [4.78, 5) is 11.7. The molecule has 0 bridgehead atoms. The fourth-order valence-electron chi connectivity index (χ4n) is 1.87. The van der Waals surface area contributed by atoms with Crippen LogP contribution in [0.5, 0.6) is 0 Å². The van der Waals surface area contributed by atoms with Gasteiger partial charge in [-0.2, -0.15) is 0 Å². The van der Waals surface area contributed by atoms with Gasteiger partial charge in [0.2, 0.25) is 0 Å². The maximum atomic E-state index is 11.7. The third kappa shape index (κ3) is 3.10. The molecule has 1 aliphatic rings. The van der Waals surface area contributed by atoms with Crippen LogP contribution >= 0.6 is 11.6 Å². The summed E-state index contributed by atoms with van der Waals surface area (Å²) in [6.45, 7) is 5.86. The molecule has 1 saturated carbocycles. The largest absolute Gasteiger partial charge is 0.458 e. The highest BCUT2D eigenvalue weighted by molar-refractivity contribution is 6.21. The van der Waals surface area contributed by atoms with Crippen molar-refractivity contribution >= 4 is 17.6 Å². The Bertz CT molecular complexity index is 230. The first kappa shape index (κ1) is 12.8. The van der Waals surface area contributed by atoms with Crippen molar-refractivity contribution in [3.8, 4) is 0 Å². The molecule has 1 aliphatic carbocycles. The second kappa shape index (κ2) is 5.20. The molecule has 0 spiro atoms. The molecule has 0 aromatic heterocycles. The van der Waals surface area contributed by atoms with Crippen LogP contribution in [-0.2, 0) is 9.53 Å². The van der Waals surface area contributed by atoms with Gasteiger partial charge in [0.15, 0.2) is 0 Å². The molecule has 3 atom stereocenters. The number of halogens is 1. The molecule has 0 heterocycles. The lowest BCUT2D eigenvalue weighted by Crippen LogP contribution is -2.44. The van der Waals surface area contributed by atoms with E-state index in [0.717, 1.165) is 32.1 Å². The van der Waals surface area contributed by atoms with E-state index < -0.39 is 5.60 Å². The minimum atomic E-state index is -0.444. The third-order valence-electron chi connectivity index (χ3n) is 3.39. The fraction of sp³-hybridized carbons (Fsp3) is 0.917. The van der Waals surface area contributed by atoms with Gasteiger partial charge in [0.25, 0.3) is 0 Å². The number of carbonyl (C=O) groups excluding carboxylic acids is 1. The van der Waals surface area contributed by atoms with E-state index in [1.165, 1.54) is 0 Å². The van der Waals surface area contributed by atoms with Crippen molar-refractivity contribution in [2.45, 2.75) is 63.9 Å². The third-order valence-corrected chi connectivity index (χ3v) is 4.07. The van der Waals surface area contributed by atoms with Crippen molar-refractivity contribution in [2.24, 2.45) is 5.92 Å². The van der Waals surface area contributed by atoms with Gasteiger partial charge in [0.05, 0.1) is 11.3 Å². The van der Waals surface area contributed by atoms with Crippen LogP contribution < -0.4 is 0 Å². The summed E-state index contributed by atoms with van der Waals surface area (Å²) in [6, 6.07) is 0. The van der Waals surface area contributed by atoms with Crippen LogP contribution in [0.4, 0.5) is 0 Å². The van der Waals surface area contributed by atoms with E-state index in [1.807, 2.05) is 20.8 Å². The van der Waals surface area contributed by atoms with Gasteiger partial charge in [-0.15, -0.1) is 11.6 Å². The summed E-state index contributed by atoms with van der Waals surface area (Å²) in [7, 11) is 0. The summed E-state index contributed by atoms with van der Waals surface area (Å²) in [6.07, 6.45) is 4.91. The molecule has 0 saturated heterocycles. The van der Waals surface area contributed by atoms with Gasteiger partial charge in [0.1, 0.15) is 5.60 Å². The molecular weight excluding hydrogens is 212 g/mol. The van der Waals surface area contributed by atoms with Gasteiger partial charge < -0.3 is 4.74 Å². The zero-order valence-electron chi connectivity index (χ0n) is 9.88. The Balaban J connectivity index is 2.58. The standard InChI is InChI=1S/C12H21ClO2/c1-4-9(2)11(14)15-12(3)8-6-5-7-10(12)13/h9-10H,4-8H2,1-3H3. The zero-order valence-corrected chi connectivity index (χ0v) is 10.6. The highest BCUT2D eigenvalue weighted by atomic mass is 35.5. The molecule has 3 unspecified atom stereocenters. The molecular formula is C12H21ClO2. The summed E-state index contributed by atoms with van der Waals surface area (Å²) >= 11 is 6.24. The molecule has 2 nitrogen and oxygen atoms in total. The van der Waals surface area contributed by atoms with E-state index in [1.54, 1.807) is 0 Å². The number of alkyl halides is 1. The quantitative estimate of drug-likeness (QED) is 0.550. The van der Waals surface area contributed by atoms with E-state index >= 15 is 0 Å². The van der Waals surface area contributed by atoms with E-state index in [4.69, 9.17) is 16.3 Å². The Morgan fingerprint density at radius 2 is 2.27 bits per heavy atom. The number of carbonyl (C=O) groups is 1. The highest BCUT2D eigenvalue weighted by Gasteiger charge is 2.39. The Labute approximate surface area is 97.3 Å². The van der Waals surface area contributed by atoms with Crippen LogP contribution in [0.25, 0.3) is 0 Å². The maximum Gasteiger partial charge on any atom is 0.309 e. The molecule has 1 fully saturated rings. The van der Waals surface area contributed by atoms with Gasteiger partial charge in [-0.1, -0.05) is 20.3 Å². The first-order valence-corrected chi connectivity index (χ1v) is 6.30. The molecule has 0 amide bonds. The van der Waals surface area contributed by atoms with Crippen LogP contribution in [-0.4, -0.2) is 16.9 Å². The SMILES string of the molecule is CCC(C)C(=O)OC1(C)CCCCC1Cl. The Hall–Kier alpha value is -0.240. The minimum Gasteiger partial charge on any atom is -0.458 e. The van der Waals surface area contributed by atoms with Gasteiger partial charge in [-0.05, 0) is 32.6 Å². The molecule has 0 aromatic rings. The van der Waals surface area contributed by atoms with E-state index in [9.17, 15) is 4.79 Å².